The molecule has 1 saturated heterocycles. The van der Waals surface area contributed by atoms with Crippen molar-refractivity contribution >= 4 is 38.0 Å². The minimum absolute atomic E-state index is 0.00782. The highest BCUT2D eigenvalue weighted by Crippen LogP contribution is 2.50. The van der Waals surface area contributed by atoms with Gasteiger partial charge in [-0.25, -0.2) is 18.8 Å². The van der Waals surface area contributed by atoms with E-state index in [1.54, 1.807) is 45.9 Å². The Kier molecular flexibility index (Phi) is 12.4. The monoisotopic (exact) mass is 694 g/mol. The standard InChI is InChI=1S/C36H48BFN4O8/c1-7-10-11-12-13-17-28(39-33(46)50-35(4,5)6)30(43)41-21-25(49-34(47)40-20-23-15-14-16-27(38)26(23)22-40)18-29(41)31(44)42(37)36(19-24(36)8-2)32(45)48-9-3/h7-8,14-16,24-25,28-29H,1-2,9-13,17-22H2,3-6H3,(H,39,46)/t24-,25-,28+,29+,36-/m1/s1. The van der Waals surface area contributed by atoms with Gasteiger partial charge in [-0.05, 0) is 65.0 Å². The van der Waals surface area contributed by atoms with Gasteiger partial charge >= 0.3 is 18.2 Å². The highest BCUT2D eigenvalue weighted by molar-refractivity contribution is 6.19. The zero-order chi connectivity index (χ0) is 36.8. The molecule has 0 aromatic heterocycles. The molecule has 12 nitrogen and oxygen atoms in total. The van der Waals surface area contributed by atoms with Crippen LogP contribution in [-0.4, -0.2) is 95.0 Å². The number of allylic oxidation sites excluding steroid dienone is 1. The van der Waals surface area contributed by atoms with Crippen LogP contribution in [-0.2, 0) is 41.7 Å². The maximum Gasteiger partial charge on any atom is 0.410 e. The first-order valence-electron chi connectivity index (χ1n) is 17.2. The summed E-state index contributed by atoms with van der Waals surface area (Å²) in [6, 6.07) is 2.29. The van der Waals surface area contributed by atoms with Gasteiger partial charge in [0.1, 0.15) is 35.1 Å². The number of nitrogens with zero attached hydrogens (tertiary/aromatic N) is 3. The van der Waals surface area contributed by atoms with Crippen LogP contribution in [0.2, 0.25) is 0 Å². The number of likely N-dealkylation sites (tertiary alicyclic amines) is 1. The molecular formula is C36H48BFN4O8. The summed E-state index contributed by atoms with van der Waals surface area (Å²) in [7, 11) is 6.41. The first-order chi connectivity index (χ1) is 23.7. The van der Waals surface area contributed by atoms with Crippen molar-refractivity contribution in [2.45, 2.75) is 115 Å². The number of unbranched alkanes of at least 4 members (excludes halogenated alkanes) is 3. The van der Waals surface area contributed by atoms with E-state index in [0.29, 0.717) is 17.5 Å². The van der Waals surface area contributed by atoms with Gasteiger partial charge in [0.15, 0.2) is 0 Å². The number of nitrogens with one attached hydrogen (secondary N) is 1. The third kappa shape index (κ3) is 8.68. The molecule has 3 aliphatic rings. The number of benzene rings is 1. The van der Waals surface area contributed by atoms with E-state index in [4.69, 9.17) is 22.2 Å². The largest absolute Gasteiger partial charge is 0.464 e. The third-order valence-corrected chi connectivity index (χ3v) is 9.24. The Morgan fingerprint density at radius 3 is 2.52 bits per heavy atom. The lowest BCUT2D eigenvalue weighted by molar-refractivity contribution is -0.155. The second-order valence-electron chi connectivity index (χ2n) is 14.0. The summed E-state index contributed by atoms with van der Waals surface area (Å²) in [5, 5.41) is 2.67. The van der Waals surface area contributed by atoms with E-state index < -0.39 is 71.0 Å². The fraction of sp³-hybridized carbons (Fsp3) is 0.583. The highest BCUT2D eigenvalue weighted by Gasteiger charge is 2.64. The van der Waals surface area contributed by atoms with Gasteiger partial charge in [-0.3, -0.25) is 14.5 Å². The number of carbonyl (C=O) groups is 5. The Hall–Kier alpha value is -4.36. The molecule has 14 heteroatoms. The molecule has 4 amide bonds. The number of hydrogen-bond acceptors (Lipinski definition) is 8. The Morgan fingerprint density at radius 2 is 1.90 bits per heavy atom. The van der Waals surface area contributed by atoms with Gasteiger partial charge < -0.3 is 29.2 Å². The number of carbonyl (C=O) groups excluding carboxylic acids is 5. The van der Waals surface area contributed by atoms with Crippen LogP contribution in [0.25, 0.3) is 0 Å². The van der Waals surface area contributed by atoms with Crippen molar-refractivity contribution in [3.05, 3.63) is 60.5 Å². The normalized spacial score (nSPS) is 22.9. The lowest BCUT2D eigenvalue weighted by Gasteiger charge is -2.34. The molecule has 0 unspecified atom stereocenters. The molecule has 2 radical (unpaired) electrons. The minimum Gasteiger partial charge on any atom is -0.464 e. The third-order valence-electron chi connectivity index (χ3n) is 9.24. The second kappa shape index (κ2) is 16.1. The summed E-state index contributed by atoms with van der Waals surface area (Å²) in [6.07, 6.45) is 4.11. The average Bonchev–Trinajstić information content (AvgIpc) is 3.39. The number of rotatable bonds is 14. The summed E-state index contributed by atoms with van der Waals surface area (Å²) < 4.78 is 30.9. The first-order valence-corrected chi connectivity index (χ1v) is 17.2. The molecule has 0 bridgehead atoms. The van der Waals surface area contributed by atoms with Gasteiger partial charge in [-0.2, -0.15) is 0 Å². The van der Waals surface area contributed by atoms with Crippen molar-refractivity contribution < 1.29 is 42.6 Å². The van der Waals surface area contributed by atoms with Crippen LogP contribution in [0.5, 0.6) is 0 Å². The van der Waals surface area contributed by atoms with Crippen LogP contribution in [0.4, 0.5) is 14.0 Å². The van der Waals surface area contributed by atoms with Gasteiger partial charge in [-0.1, -0.05) is 37.1 Å². The van der Waals surface area contributed by atoms with Crippen molar-refractivity contribution in [2.75, 3.05) is 13.2 Å². The number of halogens is 1. The van der Waals surface area contributed by atoms with E-state index in [9.17, 15) is 28.4 Å². The number of fused-ring (bicyclic) bond motifs is 1. The molecule has 0 spiro atoms. The van der Waals surface area contributed by atoms with Gasteiger partial charge in [0, 0.05) is 24.4 Å². The fourth-order valence-corrected chi connectivity index (χ4v) is 6.59. The number of alkyl carbamates (subject to hydrolysis) is 1. The lowest BCUT2D eigenvalue weighted by Crippen LogP contribution is -2.57. The number of amides is 4. The highest BCUT2D eigenvalue weighted by atomic mass is 19.1. The molecule has 1 aromatic rings. The molecule has 1 N–H and O–H groups in total. The smallest absolute Gasteiger partial charge is 0.410 e. The molecule has 1 aromatic carbocycles. The zero-order valence-corrected chi connectivity index (χ0v) is 29.5. The first kappa shape index (κ1) is 38.4. The van der Waals surface area contributed by atoms with Crippen molar-refractivity contribution in [3.8, 4) is 0 Å². The van der Waals surface area contributed by atoms with Crippen molar-refractivity contribution in [1.82, 2.24) is 19.9 Å². The SMILES string of the molecule is [B]N(C(=O)[C@@H]1C[C@@H](OC(=O)N2Cc3cccc(F)c3C2)CN1C(=O)[C@H](CCCCCC=C)NC(=O)OC(C)(C)C)[C@]1(C(=O)OCC)C[C@H]1C=C. The Labute approximate surface area is 294 Å². The van der Waals surface area contributed by atoms with Gasteiger partial charge in [0.25, 0.3) is 0 Å². The average molecular weight is 695 g/mol. The quantitative estimate of drug-likeness (QED) is 0.0975. The van der Waals surface area contributed by atoms with E-state index in [1.807, 2.05) is 0 Å². The lowest BCUT2D eigenvalue weighted by atomic mass is 10.0. The fourth-order valence-electron chi connectivity index (χ4n) is 6.59. The van der Waals surface area contributed by atoms with Crippen LogP contribution in [0, 0.1) is 11.7 Å². The molecule has 2 aliphatic heterocycles. The topological polar surface area (TPSA) is 135 Å². The van der Waals surface area contributed by atoms with Crippen LogP contribution in [0.3, 0.4) is 0 Å². The Balaban J connectivity index is 1.59. The van der Waals surface area contributed by atoms with Crippen LogP contribution in [0.15, 0.2) is 43.5 Å². The van der Waals surface area contributed by atoms with Crippen LogP contribution >= 0.6 is 0 Å². The second-order valence-corrected chi connectivity index (χ2v) is 14.0. The van der Waals surface area contributed by atoms with Crippen LogP contribution in [0.1, 0.15) is 83.8 Å². The molecule has 50 heavy (non-hydrogen) atoms. The maximum atomic E-state index is 14.4. The van der Waals surface area contributed by atoms with Crippen LogP contribution < -0.4 is 5.32 Å². The molecule has 4 rings (SSSR count). The molecular weight excluding hydrogens is 646 g/mol. The van der Waals surface area contributed by atoms with E-state index in [-0.39, 0.29) is 45.5 Å². The predicted octanol–water partition coefficient (Wildman–Crippen LogP) is 4.70. The summed E-state index contributed by atoms with van der Waals surface area (Å²) in [6.45, 7) is 14.2. The Morgan fingerprint density at radius 1 is 1.16 bits per heavy atom. The summed E-state index contributed by atoms with van der Waals surface area (Å²) in [4.78, 5) is 71.2. The molecule has 1 saturated carbocycles. The van der Waals surface area contributed by atoms with Gasteiger partial charge in [0.05, 0.1) is 19.7 Å². The minimum atomic E-state index is -1.50. The summed E-state index contributed by atoms with van der Waals surface area (Å²) in [5.74, 6) is -2.94. The van der Waals surface area contributed by atoms with Gasteiger partial charge in [0.2, 0.25) is 19.8 Å². The number of ether oxygens (including phenoxy) is 3. The maximum absolute atomic E-state index is 14.4. The van der Waals surface area contributed by atoms with E-state index in [1.165, 1.54) is 21.9 Å². The number of esters is 1. The molecule has 2 heterocycles. The van der Waals surface area contributed by atoms with E-state index >= 15 is 0 Å². The zero-order valence-electron chi connectivity index (χ0n) is 29.5. The Bertz CT molecular complexity index is 1480. The number of hydrogen-bond donors (Lipinski definition) is 1. The molecule has 270 valence electrons. The molecule has 1 aliphatic carbocycles. The van der Waals surface area contributed by atoms with Crippen molar-refractivity contribution in [1.29, 1.82) is 0 Å². The summed E-state index contributed by atoms with van der Waals surface area (Å²) in [5.41, 5.74) is -1.28. The molecule has 5 atom stereocenters. The van der Waals surface area contributed by atoms with E-state index in [2.05, 4.69) is 18.5 Å². The molecule has 2 fully saturated rings. The summed E-state index contributed by atoms with van der Waals surface area (Å²) >= 11 is 0. The van der Waals surface area contributed by atoms with Crippen molar-refractivity contribution in [3.63, 3.8) is 0 Å². The van der Waals surface area contributed by atoms with Crippen molar-refractivity contribution in [2.24, 2.45) is 5.92 Å². The van der Waals surface area contributed by atoms with Gasteiger partial charge in [-0.15, -0.1) is 13.2 Å². The predicted molar refractivity (Wildman–Crippen MR) is 183 cm³/mol. The van der Waals surface area contributed by atoms with E-state index in [0.717, 1.165) is 24.1 Å².